The SMILES string of the molecule is Brc1c(Br)c(Br)c(OCCOc2ccccc2CCCCCCCCC(Br)Br)c(Br)c1Br. The maximum absolute atomic E-state index is 6.06. The second kappa shape index (κ2) is 16.2. The molecule has 0 saturated carbocycles. The first-order chi connectivity index (χ1) is 15.3. The molecule has 0 aliphatic carbocycles. The Morgan fingerprint density at radius 3 is 1.81 bits per heavy atom. The van der Waals surface area contributed by atoms with Crippen molar-refractivity contribution < 1.29 is 9.47 Å². The lowest BCUT2D eigenvalue weighted by Crippen LogP contribution is -2.11. The van der Waals surface area contributed by atoms with Crippen LogP contribution in [-0.4, -0.2) is 17.0 Å². The van der Waals surface area contributed by atoms with E-state index in [1.165, 1.54) is 50.5 Å². The van der Waals surface area contributed by atoms with Gasteiger partial charge in [0.25, 0.3) is 0 Å². The molecule has 0 aliphatic heterocycles. The van der Waals surface area contributed by atoms with Crippen LogP contribution in [0.3, 0.4) is 0 Å². The van der Waals surface area contributed by atoms with Gasteiger partial charge in [-0.3, -0.25) is 0 Å². The molecule has 0 heterocycles. The van der Waals surface area contributed by atoms with Crippen molar-refractivity contribution in [1.82, 2.24) is 0 Å². The quantitative estimate of drug-likeness (QED) is 0.0814. The summed E-state index contributed by atoms with van der Waals surface area (Å²) < 4.78 is 16.9. The van der Waals surface area contributed by atoms with E-state index in [4.69, 9.17) is 9.47 Å². The van der Waals surface area contributed by atoms with Crippen LogP contribution in [0.2, 0.25) is 0 Å². The Bertz CT molecular complexity index is 829. The Labute approximate surface area is 250 Å². The fourth-order valence-electron chi connectivity index (χ4n) is 3.18. The van der Waals surface area contributed by atoms with E-state index >= 15 is 0 Å². The van der Waals surface area contributed by atoms with Crippen molar-refractivity contribution in [3.05, 3.63) is 52.2 Å². The maximum atomic E-state index is 6.06. The van der Waals surface area contributed by atoms with Crippen LogP contribution in [-0.2, 0) is 6.42 Å². The molecule has 0 amide bonds. The van der Waals surface area contributed by atoms with Crippen molar-refractivity contribution in [1.29, 1.82) is 0 Å². The lowest BCUT2D eigenvalue weighted by atomic mass is 10.0. The van der Waals surface area contributed by atoms with Gasteiger partial charge in [-0.25, -0.2) is 0 Å². The van der Waals surface area contributed by atoms with Crippen LogP contribution < -0.4 is 9.47 Å². The minimum Gasteiger partial charge on any atom is -0.490 e. The van der Waals surface area contributed by atoms with Gasteiger partial charge in [-0.15, -0.1) is 0 Å². The zero-order valence-electron chi connectivity index (χ0n) is 17.4. The summed E-state index contributed by atoms with van der Waals surface area (Å²) in [6.45, 7) is 0.916. The number of hydrogen-bond acceptors (Lipinski definition) is 2. The first-order valence-corrected chi connectivity index (χ1v) is 16.3. The van der Waals surface area contributed by atoms with Crippen LogP contribution in [0.15, 0.2) is 46.6 Å². The highest BCUT2D eigenvalue weighted by atomic mass is 79.9. The number of ether oxygens (including phenoxy) is 2. The fraction of sp³-hybridized carbons (Fsp3) is 0.478. The molecule has 2 aromatic rings. The van der Waals surface area contributed by atoms with E-state index in [-0.39, 0.29) is 0 Å². The Morgan fingerprint density at radius 2 is 1.16 bits per heavy atom. The average molecular weight is 893 g/mol. The van der Waals surface area contributed by atoms with Gasteiger partial charge in [0.05, 0.1) is 21.6 Å². The molecule has 0 bridgehead atoms. The summed E-state index contributed by atoms with van der Waals surface area (Å²) in [5.41, 5.74) is 1.27. The van der Waals surface area contributed by atoms with Crippen LogP contribution in [0.1, 0.15) is 50.5 Å². The van der Waals surface area contributed by atoms with Gasteiger partial charge < -0.3 is 9.47 Å². The molecule has 0 fully saturated rings. The third-order valence-electron chi connectivity index (χ3n) is 4.85. The molecule has 178 valence electrons. The Balaban J connectivity index is 1.76. The Morgan fingerprint density at radius 1 is 0.625 bits per heavy atom. The molecule has 0 radical (unpaired) electrons. The average Bonchev–Trinajstić information content (AvgIpc) is 2.78. The van der Waals surface area contributed by atoms with Gasteiger partial charge in [-0.1, -0.05) is 82.2 Å². The number of benzene rings is 2. The van der Waals surface area contributed by atoms with Gasteiger partial charge in [0, 0.05) is 4.47 Å². The second-order valence-corrected chi connectivity index (χ2v) is 14.7. The van der Waals surface area contributed by atoms with Crippen molar-refractivity contribution in [2.24, 2.45) is 0 Å². The molecule has 0 atom stereocenters. The molecular weight excluding hydrogens is 868 g/mol. The van der Waals surface area contributed by atoms with E-state index in [9.17, 15) is 0 Å². The van der Waals surface area contributed by atoms with Crippen molar-refractivity contribution in [2.45, 2.75) is 55.1 Å². The summed E-state index contributed by atoms with van der Waals surface area (Å²) in [5, 5.41) is 0. The number of rotatable bonds is 14. The normalized spacial score (nSPS) is 11.2. The van der Waals surface area contributed by atoms with E-state index < -0.39 is 0 Å². The second-order valence-electron chi connectivity index (χ2n) is 7.25. The highest BCUT2D eigenvalue weighted by Gasteiger charge is 2.18. The minimum atomic E-state index is 0.440. The molecule has 9 heteroatoms. The molecule has 0 unspecified atom stereocenters. The zero-order valence-corrected chi connectivity index (χ0v) is 28.5. The summed E-state index contributed by atoms with van der Waals surface area (Å²) in [6, 6.07) is 8.32. The van der Waals surface area contributed by atoms with Crippen molar-refractivity contribution >= 4 is 112 Å². The topological polar surface area (TPSA) is 18.5 Å². The molecule has 0 spiro atoms. The molecular formula is C23H25Br7O2. The van der Waals surface area contributed by atoms with Crippen LogP contribution in [0, 0.1) is 0 Å². The maximum Gasteiger partial charge on any atom is 0.150 e. The number of hydrogen-bond donors (Lipinski definition) is 0. The van der Waals surface area contributed by atoms with Crippen LogP contribution in [0.5, 0.6) is 11.5 Å². The number of para-hydroxylation sites is 1. The molecule has 0 N–H and O–H groups in total. The van der Waals surface area contributed by atoms with Crippen molar-refractivity contribution in [3.8, 4) is 11.5 Å². The standard InChI is InChI=1S/C23H25Br7O2/c24-17(25)12-6-4-2-1-3-5-9-15-10-7-8-11-16(15)31-13-14-32-23-21(29)19(27)18(26)20(28)22(23)30/h7-8,10-11,17H,1-6,9,12-14H2. The van der Waals surface area contributed by atoms with Crippen LogP contribution in [0.25, 0.3) is 0 Å². The Kier molecular flexibility index (Phi) is 15.0. The van der Waals surface area contributed by atoms with Gasteiger partial charge in [0.1, 0.15) is 24.7 Å². The molecule has 2 aromatic carbocycles. The third-order valence-corrected chi connectivity index (χ3v) is 11.8. The first-order valence-electron chi connectivity index (χ1n) is 10.5. The highest BCUT2D eigenvalue weighted by Crippen LogP contribution is 2.48. The van der Waals surface area contributed by atoms with Gasteiger partial charge in [-0.2, -0.15) is 0 Å². The van der Waals surface area contributed by atoms with E-state index in [1.54, 1.807) is 0 Å². The molecule has 2 rings (SSSR count). The number of aryl methyl sites for hydroxylation is 1. The number of unbranched alkanes of at least 4 members (excludes halogenated alkanes) is 5. The largest absolute Gasteiger partial charge is 0.490 e. The van der Waals surface area contributed by atoms with Crippen LogP contribution in [0.4, 0.5) is 0 Å². The Hall–Kier alpha value is 1.40. The van der Waals surface area contributed by atoms with E-state index in [1.807, 2.05) is 12.1 Å². The zero-order chi connectivity index (χ0) is 23.5. The summed E-state index contributed by atoms with van der Waals surface area (Å²) in [6.07, 6.45) is 9.90. The summed E-state index contributed by atoms with van der Waals surface area (Å²) >= 11 is 24.9. The molecule has 2 nitrogen and oxygen atoms in total. The van der Waals surface area contributed by atoms with E-state index in [2.05, 4.69) is 124 Å². The smallest absolute Gasteiger partial charge is 0.150 e. The summed E-state index contributed by atoms with van der Waals surface area (Å²) in [4.78, 5) is 0. The monoisotopic (exact) mass is 886 g/mol. The highest BCUT2D eigenvalue weighted by molar-refractivity contribution is 9.24. The predicted molar refractivity (Wildman–Crippen MR) is 160 cm³/mol. The fourth-order valence-corrected chi connectivity index (χ4v) is 7.07. The third kappa shape index (κ3) is 9.81. The lowest BCUT2D eigenvalue weighted by Gasteiger charge is -2.16. The summed E-state index contributed by atoms with van der Waals surface area (Å²) in [7, 11) is 0. The van der Waals surface area contributed by atoms with E-state index in [0.29, 0.717) is 17.0 Å². The first kappa shape index (κ1) is 29.6. The van der Waals surface area contributed by atoms with Crippen molar-refractivity contribution in [2.75, 3.05) is 13.2 Å². The van der Waals surface area contributed by atoms with Crippen LogP contribution >= 0.6 is 112 Å². The van der Waals surface area contributed by atoms with Gasteiger partial charge in [-0.05, 0) is 111 Å². The van der Waals surface area contributed by atoms with Gasteiger partial charge in [0.2, 0.25) is 0 Å². The molecule has 0 aliphatic rings. The molecule has 32 heavy (non-hydrogen) atoms. The molecule has 0 aromatic heterocycles. The van der Waals surface area contributed by atoms with E-state index in [0.717, 1.165) is 40.3 Å². The van der Waals surface area contributed by atoms with Gasteiger partial charge in [0.15, 0.2) is 0 Å². The lowest BCUT2D eigenvalue weighted by molar-refractivity contribution is 0.214. The minimum absolute atomic E-state index is 0.440. The number of alkyl halides is 2. The summed E-state index contributed by atoms with van der Waals surface area (Å²) in [5.74, 6) is 1.68. The molecule has 0 saturated heterocycles. The predicted octanol–water partition coefficient (Wildman–Crippen LogP) is 11.3. The number of halogens is 7. The van der Waals surface area contributed by atoms with Gasteiger partial charge >= 0.3 is 0 Å². The van der Waals surface area contributed by atoms with Crippen molar-refractivity contribution in [3.63, 3.8) is 0 Å².